The zero-order valence-corrected chi connectivity index (χ0v) is 19.7. The van der Waals surface area contributed by atoms with Crippen molar-refractivity contribution in [3.05, 3.63) is 83.0 Å². The van der Waals surface area contributed by atoms with Crippen molar-refractivity contribution in [1.29, 1.82) is 0 Å². The van der Waals surface area contributed by atoms with E-state index in [4.69, 9.17) is 0 Å². The molecule has 2 amide bonds. The standard InChI is InChI=1S/C25H22F3N5O4/c1-37-24(36)16-6-8-17(9-7-16)29-22(34)20-10-11-21(31-30-20)32-12-14-33(15-13-32)23(35)18-4-2-3-5-19(18)25(26,27)28/h2-11H,12-15H2,1H3,(H,29,34). The van der Waals surface area contributed by atoms with Gasteiger partial charge < -0.3 is 19.9 Å². The van der Waals surface area contributed by atoms with Crippen LogP contribution in [0.5, 0.6) is 0 Å². The number of nitrogens with zero attached hydrogens (tertiary/aromatic N) is 4. The van der Waals surface area contributed by atoms with Gasteiger partial charge in [-0.2, -0.15) is 13.2 Å². The first-order valence-electron chi connectivity index (χ1n) is 11.2. The van der Waals surface area contributed by atoms with Crippen molar-refractivity contribution >= 4 is 29.3 Å². The van der Waals surface area contributed by atoms with Crippen LogP contribution in [-0.4, -0.2) is 66.2 Å². The molecule has 1 aromatic heterocycles. The molecule has 3 aromatic rings. The number of piperazine rings is 1. The van der Waals surface area contributed by atoms with E-state index in [9.17, 15) is 27.6 Å². The third-order valence-electron chi connectivity index (χ3n) is 5.80. The summed E-state index contributed by atoms with van der Waals surface area (Å²) in [7, 11) is 1.28. The molecule has 1 fully saturated rings. The topological polar surface area (TPSA) is 105 Å². The van der Waals surface area contributed by atoms with E-state index >= 15 is 0 Å². The molecule has 0 bridgehead atoms. The van der Waals surface area contributed by atoms with E-state index in [1.165, 1.54) is 48.4 Å². The van der Waals surface area contributed by atoms with Crippen LogP contribution in [0.25, 0.3) is 0 Å². The summed E-state index contributed by atoms with van der Waals surface area (Å²) in [5.41, 5.74) is -0.467. The lowest BCUT2D eigenvalue weighted by molar-refractivity contribution is -0.138. The Bertz CT molecular complexity index is 1290. The predicted molar refractivity (Wildman–Crippen MR) is 127 cm³/mol. The minimum atomic E-state index is -4.62. The van der Waals surface area contributed by atoms with Crippen LogP contribution in [0.15, 0.2) is 60.7 Å². The van der Waals surface area contributed by atoms with Gasteiger partial charge in [-0.05, 0) is 48.5 Å². The molecule has 0 unspecified atom stereocenters. The first kappa shape index (κ1) is 25.6. The van der Waals surface area contributed by atoms with Crippen molar-refractivity contribution in [1.82, 2.24) is 15.1 Å². The maximum atomic E-state index is 13.3. The number of halogens is 3. The largest absolute Gasteiger partial charge is 0.465 e. The Morgan fingerprint density at radius 1 is 0.892 bits per heavy atom. The van der Waals surface area contributed by atoms with Crippen LogP contribution >= 0.6 is 0 Å². The summed E-state index contributed by atoms with van der Waals surface area (Å²) < 4.78 is 44.5. The highest BCUT2D eigenvalue weighted by Crippen LogP contribution is 2.32. The number of hydrogen-bond acceptors (Lipinski definition) is 7. The van der Waals surface area contributed by atoms with Gasteiger partial charge in [-0.1, -0.05) is 12.1 Å². The minimum absolute atomic E-state index is 0.0679. The third-order valence-corrected chi connectivity index (χ3v) is 5.80. The lowest BCUT2D eigenvalue weighted by atomic mass is 10.1. The Hall–Kier alpha value is -4.48. The highest BCUT2D eigenvalue weighted by molar-refractivity contribution is 6.03. The molecule has 1 N–H and O–H groups in total. The monoisotopic (exact) mass is 513 g/mol. The number of benzene rings is 2. The van der Waals surface area contributed by atoms with E-state index in [1.807, 2.05) is 4.90 Å². The molecule has 37 heavy (non-hydrogen) atoms. The van der Waals surface area contributed by atoms with Crippen LogP contribution in [0.3, 0.4) is 0 Å². The van der Waals surface area contributed by atoms with Gasteiger partial charge in [-0.3, -0.25) is 9.59 Å². The fraction of sp³-hybridized carbons (Fsp3) is 0.240. The molecule has 2 heterocycles. The van der Waals surface area contributed by atoms with E-state index < -0.39 is 29.5 Å². The normalized spacial score (nSPS) is 13.7. The maximum Gasteiger partial charge on any atom is 0.417 e. The van der Waals surface area contributed by atoms with Crippen LogP contribution in [0, 0.1) is 0 Å². The van der Waals surface area contributed by atoms with Crippen molar-refractivity contribution < 1.29 is 32.3 Å². The molecule has 1 aliphatic rings. The molecule has 0 aliphatic carbocycles. The fourth-order valence-electron chi connectivity index (χ4n) is 3.84. The number of carbonyl (C=O) groups is 3. The number of rotatable bonds is 5. The van der Waals surface area contributed by atoms with E-state index in [2.05, 4.69) is 20.3 Å². The van der Waals surface area contributed by atoms with Crippen LogP contribution in [0.2, 0.25) is 0 Å². The molecule has 0 saturated carbocycles. The molecule has 0 spiro atoms. The van der Waals surface area contributed by atoms with Gasteiger partial charge in [0.05, 0.1) is 23.8 Å². The summed E-state index contributed by atoms with van der Waals surface area (Å²) in [6.45, 7) is 1.09. The van der Waals surface area contributed by atoms with Crippen LogP contribution in [0.1, 0.15) is 36.8 Å². The Morgan fingerprint density at radius 3 is 2.16 bits per heavy atom. The summed E-state index contributed by atoms with van der Waals surface area (Å²) in [5.74, 6) is -1.19. The summed E-state index contributed by atoms with van der Waals surface area (Å²) in [6, 6.07) is 14.0. The number of methoxy groups -OCH3 is 1. The van der Waals surface area contributed by atoms with Crippen molar-refractivity contribution in [2.45, 2.75) is 6.18 Å². The van der Waals surface area contributed by atoms with Crippen molar-refractivity contribution in [2.24, 2.45) is 0 Å². The number of alkyl halides is 3. The van der Waals surface area contributed by atoms with Gasteiger partial charge >= 0.3 is 12.1 Å². The average molecular weight is 513 g/mol. The smallest absolute Gasteiger partial charge is 0.417 e. The molecular weight excluding hydrogens is 491 g/mol. The van der Waals surface area contributed by atoms with Crippen LogP contribution in [0.4, 0.5) is 24.7 Å². The summed E-state index contributed by atoms with van der Waals surface area (Å²) in [5, 5.41) is 10.7. The number of anilines is 2. The molecule has 12 heteroatoms. The highest BCUT2D eigenvalue weighted by atomic mass is 19.4. The second-order valence-corrected chi connectivity index (χ2v) is 8.12. The first-order valence-corrected chi connectivity index (χ1v) is 11.2. The van der Waals surface area contributed by atoms with Gasteiger partial charge in [0, 0.05) is 31.9 Å². The summed E-state index contributed by atoms with van der Waals surface area (Å²) in [4.78, 5) is 40.0. The number of carbonyl (C=O) groups excluding carboxylic acids is 3. The third kappa shape index (κ3) is 5.85. The Kier molecular flexibility index (Phi) is 7.37. The number of nitrogens with one attached hydrogen (secondary N) is 1. The van der Waals surface area contributed by atoms with E-state index in [0.29, 0.717) is 30.2 Å². The van der Waals surface area contributed by atoms with Crippen LogP contribution < -0.4 is 10.2 Å². The SMILES string of the molecule is COC(=O)c1ccc(NC(=O)c2ccc(N3CCN(C(=O)c4ccccc4C(F)(F)F)CC3)nn2)cc1. The van der Waals surface area contributed by atoms with E-state index in [1.54, 1.807) is 18.2 Å². The first-order chi connectivity index (χ1) is 17.7. The number of ether oxygens (including phenoxy) is 1. The van der Waals surface area contributed by atoms with Gasteiger partial charge in [-0.25, -0.2) is 4.79 Å². The Labute approximate surface area is 209 Å². The Morgan fingerprint density at radius 2 is 1.57 bits per heavy atom. The number of esters is 1. The second-order valence-electron chi connectivity index (χ2n) is 8.12. The minimum Gasteiger partial charge on any atom is -0.465 e. The van der Waals surface area contributed by atoms with Crippen molar-refractivity contribution in [3.63, 3.8) is 0 Å². The number of hydrogen-bond donors (Lipinski definition) is 1. The second kappa shape index (κ2) is 10.6. The van der Waals surface area contributed by atoms with E-state index in [-0.39, 0.29) is 24.3 Å². The van der Waals surface area contributed by atoms with Crippen molar-refractivity contribution in [3.8, 4) is 0 Å². The molecule has 0 atom stereocenters. The summed E-state index contributed by atoms with van der Waals surface area (Å²) in [6.07, 6.45) is -4.62. The molecule has 9 nitrogen and oxygen atoms in total. The van der Waals surface area contributed by atoms with Crippen LogP contribution in [-0.2, 0) is 10.9 Å². The van der Waals surface area contributed by atoms with Gasteiger partial charge in [0.15, 0.2) is 11.5 Å². The Balaban J connectivity index is 1.35. The maximum absolute atomic E-state index is 13.3. The molecule has 192 valence electrons. The lowest BCUT2D eigenvalue weighted by Gasteiger charge is -2.35. The highest BCUT2D eigenvalue weighted by Gasteiger charge is 2.36. The van der Waals surface area contributed by atoms with Gasteiger partial charge in [0.2, 0.25) is 0 Å². The quantitative estimate of drug-likeness (QED) is 0.521. The average Bonchev–Trinajstić information content (AvgIpc) is 2.92. The van der Waals surface area contributed by atoms with Gasteiger partial charge in [0.1, 0.15) is 0 Å². The molecule has 0 radical (unpaired) electrons. The molecule has 2 aromatic carbocycles. The zero-order chi connectivity index (χ0) is 26.6. The van der Waals surface area contributed by atoms with Gasteiger partial charge in [-0.15, -0.1) is 10.2 Å². The zero-order valence-electron chi connectivity index (χ0n) is 19.7. The molecule has 1 saturated heterocycles. The number of aromatic nitrogens is 2. The van der Waals surface area contributed by atoms with Crippen molar-refractivity contribution in [2.75, 3.05) is 43.5 Å². The fourth-order valence-corrected chi connectivity index (χ4v) is 3.84. The predicted octanol–water partition coefficient (Wildman–Crippen LogP) is 3.50. The number of amides is 2. The molecule has 4 rings (SSSR count). The van der Waals surface area contributed by atoms with E-state index in [0.717, 1.165) is 6.07 Å². The van der Waals surface area contributed by atoms with Gasteiger partial charge in [0.25, 0.3) is 11.8 Å². The molecular formula is C25H22F3N5O4. The summed E-state index contributed by atoms with van der Waals surface area (Å²) >= 11 is 0. The lowest BCUT2D eigenvalue weighted by Crippen LogP contribution is -2.49. The molecule has 1 aliphatic heterocycles.